The Hall–Kier alpha value is -1.06. The van der Waals surface area contributed by atoms with Crippen LogP contribution >= 0.6 is 0 Å². The Balaban J connectivity index is 2.00. The van der Waals surface area contributed by atoms with Gasteiger partial charge in [0.05, 0.1) is 11.8 Å². The van der Waals surface area contributed by atoms with Crippen LogP contribution in [-0.4, -0.2) is 22.2 Å². The normalized spacial score (nSPS) is 50.9. The van der Waals surface area contributed by atoms with Crippen molar-refractivity contribution in [2.45, 2.75) is 19.3 Å². The van der Waals surface area contributed by atoms with Gasteiger partial charge in [-0.2, -0.15) is 0 Å². The Morgan fingerprint density at radius 3 is 1.53 bits per heavy atom. The number of carboxylic acid groups (broad SMARTS) is 2. The van der Waals surface area contributed by atoms with Crippen LogP contribution in [0.15, 0.2) is 0 Å². The highest BCUT2D eigenvalue weighted by atomic mass is 16.4. The Bertz CT molecular complexity index is 307. The van der Waals surface area contributed by atoms with Crippen LogP contribution in [0.5, 0.6) is 0 Å². The largest absolute Gasteiger partial charge is 0.481 e. The van der Waals surface area contributed by atoms with Gasteiger partial charge < -0.3 is 10.2 Å². The minimum absolute atomic E-state index is 0.146. The van der Waals surface area contributed by atoms with Crippen molar-refractivity contribution in [1.29, 1.82) is 0 Å². The number of rotatable bonds is 2. The van der Waals surface area contributed by atoms with Crippen molar-refractivity contribution in [3.63, 3.8) is 0 Å². The molecule has 0 aromatic rings. The molecule has 0 aliphatic heterocycles. The molecular weight excluding hydrogens is 196 g/mol. The molecule has 2 N–H and O–H groups in total. The summed E-state index contributed by atoms with van der Waals surface area (Å²) < 4.78 is 0. The van der Waals surface area contributed by atoms with Gasteiger partial charge >= 0.3 is 11.9 Å². The van der Waals surface area contributed by atoms with Crippen LogP contribution < -0.4 is 0 Å². The predicted octanol–water partition coefficient (Wildman–Crippen LogP) is 1.06. The van der Waals surface area contributed by atoms with Crippen LogP contribution in [-0.2, 0) is 9.59 Å². The topological polar surface area (TPSA) is 74.6 Å². The maximum absolute atomic E-state index is 11.2. The number of hydrogen-bond acceptors (Lipinski definition) is 2. The minimum Gasteiger partial charge on any atom is -0.481 e. The average Bonchev–Trinajstić information content (AvgIpc) is 2.70. The molecule has 0 radical (unpaired) electrons. The van der Waals surface area contributed by atoms with Crippen molar-refractivity contribution in [3.8, 4) is 0 Å². The zero-order valence-electron chi connectivity index (χ0n) is 8.30. The molecule has 3 fully saturated rings. The lowest BCUT2D eigenvalue weighted by molar-refractivity contribution is -0.154. The second kappa shape index (κ2) is 2.74. The lowest BCUT2D eigenvalue weighted by Gasteiger charge is -2.18. The van der Waals surface area contributed by atoms with E-state index >= 15 is 0 Å². The molecule has 6 atom stereocenters. The second-order valence-electron chi connectivity index (χ2n) is 5.29. The second-order valence-corrected chi connectivity index (χ2v) is 5.29. The molecule has 0 saturated heterocycles. The molecule has 0 spiro atoms. The molecule has 15 heavy (non-hydrogen) atoms. The number of carboxylic acids is 2. The van der Waals surface area contributed by atoms with Crippen molar-refractivity contribution >= 4 is 11.9 Å². The Kier molecular flexibility index (Phi) is 1.68. The van der Waals surface area contributed by atoms with Crippen molar-refractivity contribution in [2.24, 2.45) is 35.5 Å². The first-order valence-corrected chi connectivity index (χ1v) is 5.55. The number of fused-ring (bicyclic) bond motifs is 1. The first-order chi connectivity index (χ1) is 7.09. The molecule has 0 amide bonds. The fourth-order valence-electron chi connectivity index (χ4n) is 4.49. The summed E-state index contributed by atoms with van der Waals surface area (Å²) in [5.41, 5.74) is 0. The van der Waals surface area contributed by atoms with Gasteiger partial charge in [-0.05, 0) is 42.9 Å². The van der Waals surface area contributed by atoms with E-state index in [1.54, 1.807) is 0 Å². The quantitative estimate of drug-likeness (QED) is 0.714. The van der Waals surface area contributed by atoms with Gasteiger partial charge in [-0.25, -0.2) is 0 Å². The molecule has 0 aromatic heterocycles. The molecule has 4 nitrogen and oxygen atoms in total. The van der Waals surface area contributed by atoms with Gasteiger partial charge in [0.2, 0.25) is 0 Å². The molecule has 4 heteroatoms. The number of hydrogen-bond donors (Lipinski definition) is 2. The summed E-state index contributed by atoms with van der Waals surface area (Å²) >= 11 is 0. The fourth-order valence-corrected chi connectivity index (χ4v) is 4.49. The third kappa shape index (κ3) is 1.02. The van der Waals surface area contributed by atoms with Crippen LogP contribution in [0.25, 0.3) is 0 Å². The Morgan fingerprint density at radius 2 is 1.20 bits per heavy atom. The van der Waals surface area contributed by atoms with E-state index in [4.69, 9.17) is 10.2 Å². The molecule has 3 aliphatic carbocycles. The van der Waals surface area contributed by atoms with Crippen LogP contribution in [0.2, 0.25) is 0 Å². The fraction of sp³-hybridized carbons (Fsp3) is 0.818. The first-order valence-electron chi connectivity index (χ1n) is 5.55. The maximum atomic E-state index is 11.2. The van der Waals surface area contributed by atoms with Gasteiger partial charge in [0.15, 0.2) is 0 Å². The lowest BCUT2D eigenvalue weighted by atomic mass is 9.86. The molecule has 2 unspecified atom stereocenters. The third-order valence-electron chi connectivity index (χ3n) is 4.80. The molecule has 2 bridgehead atoms. The summed E-state index contributed by atoms with van der Waals surface area (Å²) in [5, 5.41) is 18.3. The Morgan fingerprint density at radius 1 is 0.800 bits per heavy atom. The molecular formula is C11H14O4. The van der Waals surface area contributed by atoms with Crippen molar-refractivity contribution in [3.05, 3.63) is 0 Å². The van der Waals surface area contributed by atoms with Gasteiger partial charge in [-0.3, -0.25) is 9.59 Å². The number of aliphatic carboxylic acids is 2. The van der Waals surface area contributed by atoms with Crippen LogP contribution in [0.3, 0.4) is 0 Å². The van der Waals surface area contributed by atoms with Gasteiger partial charge in [0.1, 0.15) is 0 Å². The molecule has 0 aromatic carbocycles. The SMILES string of the molecule is O=C(O)[C@@H]1[C@H](C(=O)O)[C@@H]2CC3CC2[C@@H]1C3. The maximum Gasteiger partial charge on any atom is 0.307 e. The average molecular weight is 210 g/mol. The summed E-state index contributed by atoms with van der Waals surface area (Å²) in [6.45, 7) is 0. The first kappa shape index (κ1) is 9.19. The molecule has 0 heterocycles. The van der Waals surface area contributed by atoms with E-state index in [9.17, 15) is 9.59 Å². The van der Waals surface area contributed by atoms with E-state index in [0.29, 0.717) is 11.8 Å². The minimum atomic E-state index is -0.901. The standard InChI is InChI=1S/C11H14O4/c12-10(13)8-6-2-4-1-5(6)7(3-4)9(8)11(14)15/h4-9H,1-3H2,(H,12,13)(H,14,15)/t4?,5?,6-,7+,8-,9+. The lowest BCUT2D eigenvalue weighted by Crippen LogP contribution is -2.30. The van der Waals surface area contributed by atoms with E-state index in [2.05, 4.69) is 0 Å². The van der Waals surface area contributed by atoms with Gasteiger partial charge in [0, 0.05) is 0 Å². The predicted molar refractivity (Wildman–Crippen MR) is 50.1 cm³/mol. The van der Waals surface area contributed by atoms with Crippen molar-refractivity contribution in [1.82, 2.24) is 0 Å². The van der Waals surface area contributed by atoms with Gasteiger partial charge in [-0.1, -0.05) is 0 Å². The summed E-state index contributed by atoms with van der Waals surface area (Å²) in [7, 11) is 0. The highest BCUT2D eigenvalue weighted by Gasteiger charge is 2.63. The van der Waals surface area contributed by atoms with E-state index in [1.807, 2.05) is 0 Å². The highest BCUT2D eigenvalue weighted by Crippen LogP contribution is 2.64. The molecule has 3 aliphatic rings. The zero-order valence-corrected chi connectivity index (χ0v) is 8.30. The van der Waals surface area contributed by atoms with Gasteiger partial charge in [0.25, 0.3) is 0 Å². The summed E-state index contributed by atoms with van der Waals surface area (Å²) in [6.07, 6.45) is 2.96. The zero-order chi connectivity index (χ0) is 10.7. The van der Waals surface area contributed by atoms with Crippen LogP contribution in [0.1, 0.15) is 19.3 Å². The smallest absolute Gasteiger partial charge is 0.307 e. The van der Waals surface area contributed by atoms with Crippen molar-refractivity contribution in [2.75, 3.05) is 0 Å². The van der Waals surface area contributed by atoms with E-state index in [-0.39, 0.29) is 11.8 Å². The van der Waals surface area contributed by atoms with Crippen LogP contribution in [0.4, 0.5) is 0 Å². The van der Waals surface area contributed by atoms with E-state index in [1.165, 1.54) is 0 Å². The molecule has 3 saturated carbocycles. The number of carbonyl (C=O) groups is 2. The molecule has 3 rings (SSSR count). The molecule has 82 valence electrons. The Labute approximate surface area is 87.3 Å². The van der Waals surface area contributed by atoms with Gasteiger partial charge in [-0.15, -0.1) is 0 Å². The highest BCUT2D eigenvalue weighted by molar-refractivity contribution is 5.81. The van der Waals surface area contributed by atoms with E-state index in [0.717, 1.165) is 19.3 Å². The summed E-state index contributed by atoms with van der Waals surface area (Å²) in [5.74, 6) is -1.76. The monoisotopic (exact) mass is 210 g/mol. The van der Waals surface area contributed by atoms with E-state index < -0.39 is 23.8 Å². The van der Waals surface area contributed by atoms with Crippen LogP contribution in [0, 0.1) is 35.5 Å². The third-order valence-corrected chi connectivity index (χ3v) is 4.80. The summed E-state index contributed by atoms with van der Waals surface area (Å²) in [6, 6.07) is 0. The summed E-state index contributed by atoms with van der Waals surface area (Å²) in [4.78, 5) is 22.3. The van der Waals surface area contributed by atoms with Crippen molar-refractivity contribution < 1.29 is 19.8 Å².